The number of Topliss-reactive ketones (excluding diaryl/α,β-unsaturated/α-hetero) is 1. The zero-order chi connectivity index (χ0) is 79.2. The highest BCUT2D eigenvalue weighted by atomic mass is 33.1. The molecule has 25 heteroatoms. The molecule has 2 aliphatic heterocycles. The number of carbonyl (C=O) groups is 10. The number of esters is 8. The fourth-order valence-electron chi connectivity index (χ4n) is 16.3. The van der Waals surface area contributed by atoms with E-state index in [1.165, 1.54) is 99.9 Å². The summed E-state index contributed by atoms with van der Waals surface area (Å²) in [7, 11) is 2.46. The van der Waals surface area contributed by atoms with E-state index >= 15 is 9.59 Å². The van der Waals surface area contributed by atoms with Gasteiger partial charge in [-0.1, -0.05) is 161 Å². The number of hydrogen-bond donors (Lipinski definition) is 3. The molecule has 14 atom stereocenters. The second-order valence-electron chi connectivity index (χ2n) is 30.9. The van der Waals surface area contributed by atoms with Crippen LogP contribution in [0.5, 0.6) is 11.5 Å². The lowest BCUT2D eigenvalue weighted by molar-refractivity contribution is -0.346. The lowest BCUT2D eigenvalue weighted by Crippen LogP contribution is -2.82. The number of nitrogens with one attached hydrogen (secondary N) is 1. The van der Waals surface area contributed by atoms with Gasteiger partial charge in [0.2, 0.25) is 6.10 Å². The van der Waals surface area contributed by atoms with Gasteiger partial charge in [-0.2, -0.15) is 0 Å². The van der Waals surface area contributed by atoms with Crippen LogP contribution >= 0.6 is 21.6 Å². The second-order valence-corrected chi connectivity index (χ2v) is 33.6. The maximum atomic E-state index is 15.9. The van der Waals surface area contributed by atoms with Gasteiger partial charge < -0.3 is 62.9 Å². The number of rotatable bonds is 35. The van der Waals surface area contributed by atoms with E-state index in [-0.39, 0.29) is 91.3 Å². The first-order valence-corrected chi connectivity index (χ1v) is 40.6. The van der Waals surface area contributed by atoms with Gasteiger partial charge in [-0.3, -0.25) is 38.4 Å². The first kappa shape index (κ1) is 84.9. The normalized spacial score (nSPS) is 25.5. The number of unbranched alkanes of at least 4 members (excludes halogenated alkanes) is 1. The summed E-state index contributed by atoms with van der Waals surface area (Å²) in [6.45, 7) is 20.3. The number of ketones is 1. The minimum atomic E-state index is -2.52. The van der Waals surface area contributed by atoms with Crippen LogP contribution in [0, 0.1) is 42.4 Å². The summed E-state index contributed by atoms with van der Waals surface area (Å²) in [5.74, 6) is -6.97. The Hall–Kier alpha value is -8.10. The molecule has 3 fully saturated rings. The topological polar surface area (TPSA) is 315 Å². The number of benzene rings is 4. The number of carbonyl (C=O) groups excluding carboxylic acids is 10. The molecule has 9 rings (SSSR count). The molecule has 592 valence electrons. The van der Waals surface area contributed by atoms with E-state index in [2.05, 4.69) is 33.0 Å². The Labute approximate surface area is 646 Å². The molecule has 1 amide bonds. The molecular formula is C84H107NO22S2. The molecule has 3 aliphatic carbocycles. The van der Waals surface area contributed by atoms with Crippen LogP contribution in [0.2, 0.25) is 0 Å². The maximum Gasteiger partial charge on any atom is 0.350 e. The third-order valence-electron chi connectivity index (χ3n) is 22.6. The average molecular weight is 1550 g/mol. The summed E-state index contributed by atoms with van der Waals surface area (Å²) in [6.07, 6.45) is -0.749. The molecule has 2 bridgehead atoms. The molecule has 2 saturated carbocycles. The highest BCUT2D eigenvalue weighted by molar-refractivity contribution is 8.76. The van der Waals surface area contributed by atoms with Crippen molar-refractivity contribution in [3.8, 4) is 11.5 Å². The molecule has 23 nitrogen and oxygen atoms in total. The molecule has 3 N–H and O–H groups in total. The largest absolute Gasteiger partial charge is 0.487 e. The molecule has 0 spiro atoms. The Bertz CT molecular complexity index is 3960. The van der Waals surface area contributed by atoms with E-state index < -0.39 is 136 Å². The van der Waals surface area contributed by atoms with Gasteiger partial charge in [0.05, 0.1) is 55.3 Å². The van der Waals surface area contributed by atoms with Crippen LogP contribution in [0.4, 0.5) is 0 Å². The van der Waals surface area contributed by atoms with E-state index in [0.29, 0.717) is 17.2 Å². The zero-order valence-corrected chi connectivity index (χ0v) is 66.4. The Kier molecular flexibility index (Phi) is 29.0. The van der Waals surface area contributed by atoms with Gasteiger partial charge in [0, 0.05) is 54.7 Å². The number of ether oxygens (including phenoxy) is 10. The van der Waals surface area contributed by atoms with Crippen molar-refractivity contribution in [2.45, 2.75) is 245 Å². The summed E-state index contributed by atoms with van der Waals surface area (Å²) < 4.78 is 60.3. The van der Waals surface area contributed by atoms with Crippen LogP contribution in [0.1, 0.15) is 215 Å². The average Bonchev–Trinajstić information content (AvgIpc) is 0.668. The summed E-state index contributed by atoms with van der Waals surface area (Å²) >= 11 is 0. The van der Waals surface area contributed by atoms with Crippen LogP contribution in [-0.4, -0.2) is 154 Å². The van der Waals surface area contributed by atoms with E-state index in [1.807, 2.05) is 19.9 Å². The SMILES string of the molecule is CCCCC(C)CCC(C)CCCC1(C)CCc2c(cc(C)c(OC(=O)CCC(=O)OCCOC(=O)CCSSCCC(=O)O[C@@H](C(=O)O[C@H]3C[C@@]4(O)[C@@H](OC(=O)c5ccccc5)[C@@H]5[C@]6(OC(C)=O)CO[C@@H]6C[C@H](O)[C@@]5(C)C(=O)[C@H](OC(C)=O)C(=C3C)C4(C)C)[C@@H](NC(=O)c3ccccc3)c3ccccc3)c2C)O1. The summed E-state index contributed by atoms with van der Waals surface area (Å²) in [5, 5.41) is 29.3. The van der Waals surface area contributed by atoms with E-state index in [1.54, 1.807) is 78.9 Å². The quantitative estimate of drug-likeness (QED) is 0.00962. The van der Waals surface area contributed by atoms with Crippen molar-refractivity contribution in [2.24, 2.45) is 28.6 Å². The lowest BCUT2D eigenvalue weighted by Gasteiger charge is -2.67. The molecule has 0 aromatic heterocycles. The minimum Gasteiger partial charge on any atom is -0.487 e. The van der Waals surface area contributed by atoms with Gasteiger partial charge in [-0.25, -0.2) is 9.59 Å². The zero-order valence-electron chi connectivity index (χ0n) is 64.7. The molecular weight excluding hydrogens is 1440 g/mol. The van der Waals surface area contributed by atoms with Crippen molar-refractivity contribution in [2.75, 3.05) is 31.3 Å². The Morgan fingerprint density at radius 3 is 1.89 bits per heavy atom. The van der Waals surface area contributed by atoms with E-state index in [0.717, 1.165) is 67.9 Å². The molecule has 1 saturated heterocycles. The molecule has 0 radical (unpaired) electrons. The fraction of sp³-hybridized carbons (Fsp3) is 0.571. The predicted molar refractivity (Wildman–Crippen MR) is 407 cm³/mol. The molecule has 3 unspecified atom stereocenters. The molecule has 2 heterocycles. The third kappa shape index (κ3) is 20.0. The first-order valence-electron chi connectivity index (χ1n) is 38.1. The number of aliphatic hydroxyl groups is 2. The first-order chi connectivity index (χ1) is 51.8. The molecule has 4 aromatic rings. The highest BCUT2D eigenvalue weighted by Crippen LogP contribution is 2.65. The number of hydrogen-bond acceptors (Lipinski definition) is 24. The molecule has 109 heavy (non-hydrogen) atoms. The van der Waals surface area contributed by atoms with Crippen molar-refractivity contribution in [1.82, 2.24) is 5.32 Å². The van der Waals surface area contributed by atoms with Gasteiger partial charge in [0.15, 0.2) is 17.5 Å². The van der Waals surface area contributed by atoms with E-state index in [9.17, 15) is 48.6 Å². The lowest BCUT2D eigenvalue weighted by atomic mass is 9.44. The van der Waals surface area contributed by atoms with E-state index in [4.69, 9.17) is 47.4 Å². The number of fused-ring (bicyclic) bond motifs is 6. The van der Waals surface area contributed by atoms with Crippen molar-refractivity contribution >= 4 is 81.0 Å². The van der Waals surface area contributed by atoms with Crippen molar-refractivity contribution in [1.29, 1.82) is 0 Å². The van der Waals surface area contributed by atoms with Crippen molar-refractivity contribution < 1.29 is 106 Å². The standard InChI is InChI=1S/C84H107NO22S2/c1-13-14-25-50(2)33-34-51(3)26-24-40-81(11)41-37-60-53(5)71(52(4)46-61(60)107-81)103-67(91)36-35-65(89)98-42-43-99-66(90)38-44-108-109-45-39-68(92)104-73(70(57-27-18-15-19-28-57)85-77(94)58-29-20-16-21-30-58)79(96)102-62-48-84(97)76(105-78(95)59-31-22-17-23-32-59)74-82(12,63(88)47-64-83(74,49-100-64)106-56(8)87)75(93)72(101-55(7)86)69(54(62)6)80(84,9)10/h15-23,27-32,46,50-51,62-64,70,72-74,76,88,97H,13-14,24-26,33-45,47-49H2,1-12H3,(H,85,94)/t50?,51?,62-,63-,64+,70-,72+,73+,74-,76-,81?,82+,83-,84+/m0/s1. The summed E-state index contributed by atoms with van der Waals surface area (Å²) in [6, 6.07) is 24.5. The van der Waals surface area contributed by atoms with Crippen LogP contribution in [0.15, 0.2) is 108 Å². The number of aryl methyl sites for hydroxylation is 1. The fourth-order valence-corrected chi connectivity index (χ4v) is 18.3. The Balaban J connectivity index is 0.819. The van der Waals surface area contributed by atoms with Crippen LogP contribution in [0.3, 0.4) is 0 Å². The second kappa shape index (κ2) is 37.3. The molecule has 5 aliphatic rings. The third-order valence-corrected chi connectivity index (χ3v) is 25.0. The van der Waals surface area contributed by atoms with Crippen molar-refractivity contribution in [3.63, 3.8) is 0 Å². The Morgan fingerprint density at radius 2 is 1.29 bits per heavy atom. The van der Waals surface area contributed by atoms with Crippen LogP contribution in [-0.2, 0) is 82.7 Å². The van der Waals surface area contributed by atoms with Gasteiger partial charge >= 0.3 is 47.8 Å². The predicted octanol–water partition coefficient (Wildman–Crippen LogP) is 13.0. The smallest absolute Gasteiger partial charge is 0.350 e. The number of aliphatic hydroxyl groups excluding tert-OH is 1. The highest BCUT2D eigenvalue weighted by Gasteiger charge is 2.78. The summed E-state index contributed by atoms with van der Waals surface area (Å²) in [5.41, 5.74) is -5.47. The van der Waals surface area contributed by atoms with Gasteiger partial charge in [0.25, 0.3) is 5.91 Å². The van der Waals surface area contributed by atoms with Gasteiger partial charge in [-0.15, -0.1) is 0 Å². The maximum absolute atomic E-state index is 15.9. The van der Waals surface area contributed by atoms with Gasteiger partial charge in [0.1, 0.15) is 60.3 Å². The Morgan fingerprint density at radius 1 is 0.706 bits per heavy atom. The minimum absolute atomic E-state index is 0.0202. The van der Waals surface area contributed by atoms with Crippen LogP contribution in [0.25, 0.3) is 0 Å². The van der Waals surface area contributed by atoms with Crippen molar-refractivity contribution in [3.05, 3.63) is 142 Å². The monoisotopic (exact) mass is 1550 g/mol. The summed E-state index contributed by atoms with van der Waals surface area (Å²) in [4.78, 5) is 140. The molecule has 4 aromatic carbocycles. The number of amides is 1. The van der Waals surface area contributed by atoms with Crippen LogP contribution < -0.4 is 14.8 Å². The van der Waals surface area contributed by atoms with Gasteiger partial charge in [-0.05, 0) is 130 Å².